The highest BCUT2D eigenvalue weighted by atomic mass is 32.2. The van der Waals surface area contributed by atoms with E-state index in [0.717, 1.165) is 21.4 Å². The van der Waals surface area contributed by atoms with E-state index in [1.807, 2.05) is 36.4 Å². The van der Waals surface area contributed by atoms with Crippen LogP contribution in [0.3, 0.4) is 0 Å². The molecule has 0 radical (unpaired) electrons. The second-order valence-electron chi connectivity index (χ2n) is 6.85. The summed E-state index contributed by atoms with van der Waals surface area (Å²) in [6, 6.07) is 17.4. The van der Waals surface area contributed by atoms with Crippen LogP contribution in [0.5, 0.6) is 5.75 Å². The summed E-state index contributed by atoms with van der Waals surface area (Å²) < 4.78 is 36.3. The van der Waals surface area contributed by atoms with Gasteiger partial charge in [0.05, 0.1) is 12.0 Å². The number of hydrogen-bond donors (Lipinski definition) is 1. The molecule has 0 unspecified atom stereocenters. The van der Waals surface area contributed by atoms with Crippen molar-refractivity contribution in [3.05, 3.63) is 66.4 Å². The lowest BCUT2D eigenvalue weighted by molar-refractivity contribution is -0.116. The fourth-order valence-corrected chi connectivity index (χ4v) is 3.71. The van der Waals surface area contributed by atoms with Crippen LogP contribution >= 0.6 is 0 Å². The molecule has 3 rings (SSSR count). The molecule has 0 saturated carbocycles. The number of furan rings is 1. The van der Waals surface area contributed by atoms with Gasteiger partial charge in [0.1, 0.15) is 17.3 Å². The van der Waals surface area contributed by atoms with Crippen molar-refractivity contribution in [2.75, 3.05) is 26.5 Å². The molecule has 158 valence electrons. The van der Waals surface area contributed by atoms with E-state index in [1.54, 1.807) is 19.2 Å². The number of hydrogen-bond acceptors (Lipinski definition) is 5. The number of rotatable bonds is 8. The molecule has 0 saturated heterocycles. The van der Waals surface area contributed by atoms with E-state index in [0.29, 0.717) is 17.9 Å². The Morgan fingerprint density at radius 2 is 1.67 bits per heavy atom. The third-order valence-corrected chi connectivity index (χ3v) is 6.38. The minimum absolute atomic E-state index is 0.173. The molecular formula is C22H24N2O5S. The van der Waals surface area contributed by atoms with Gasteiger partial charge in [-0.3, -0.25) is 4.79 Å². The first-order valence-electron chi connectivity index (χ1n) is 9.35. The fourth-order valence-electron chi connectivity index (χ4n) is 2.80. The molecule has 7 nitrogen and oxygen atoms in total. The molecule has 0 aliphatic heterocycles. The Bertz CT molecular complexity index is 1100. The zero-order valence-corrected chi connectivity index (χ0v) is 17.9. The van der Waals surface area contributed by atoms with Crippen LogP contribution < -0.4 is 10.1 Å². The molecule has 2 aromatic carbocycles. The standard InChI is InChI=1S/C22H24N2O5S/c1-24(2)30(26,27)20-12-6-17(7-13-20)23-22(25)15-11-19-10-14-21(29-19)16-4-8-18(28-3)9-5-16/h4-10,12-14H,11,15H2,1-3H3,(H,23,25). The number of benzene rings is 2. The minimum Gasteiger partial charge on any atom is -0.497 e. The molecule has 0 aliphatic rings. The van der Waals surface area contributed by atoms with Gasteiger partial charge in [-0.1, -0.05) is 0 Å². The number of carbonyl (C=O) groups is 1. The number of ether oxygens (including phenoxy) is 1. The number of amides is 1. The molecule has 1 N–H and O–H groups in total. The first kappa shape index (κ1) is 21.6. The number of nitrogens with zero attached hydrogens (tertiary/aromatic N) is 1. The van der Waals surface area contributed by atoms with Crippen LogP contribution in [0, 0.1) is 0 Å². The average molecular weight is 429 g/mol. The molecule has 0 aliphatic carbocycles. The molecule has 0 bridgehead atoms. The SMILES string of the molecule is COc1ccc(-c2ccc(CCC(=O)Nc3ccc(S(=O)(=O)N(C)C)cc3)o2)cc1. The summed E-state index contributed by atoms with van der Waals surface area (Å²) in [5.41, 5.74) is 1.47. The summed E-state index contributed by atoms with van der Waals surface area (Å²) in [5.74, 6) is 2.03. The molecule has 3 aromatic rings. The topological polar surface area (TPSA) is 88.8 Å². The molecule has 1 aromatic heterocycles. The van der Waals surface area contributed by atoms with E-state index in [9.17, 15) is 13.2 Å². The predicted molar refractivity (Wildman–Crippen MR) is 115 cm³/mol. The zero-order chi connectivity index (χ0) is 21.7. The highest BCUT2D eigenvalue weighted by Gasteiger charge is 2.16. The summed E-state index contributed by atoms with van der Waals surface area (Å²) in [6.07, 6.45) is 0.697. The van der Waals surface area contributed by atoms with Crippen molar-refractivity contribution >= 4 is 21.6 Å². The molecule has 1 heterocycles. The quantitative estimate of drug-likeness (QED) is 0.590. The summed E-state index contributed by atoms with van der Waals surface area (Å²) in [6.45, 7) is 0. The van der Waals surface area contributed by atoms with Crippen molar-refractivity contribution in [3.63, 3.8) is 0 Å². The van der Waals surface area contributed by atoms with Gasteiger partial charge < -0.3 is 14.5 Å². The number of anilines is 1. The minimum atomic E-state index is -3.49. The van der Waals surface area contributed by atoms with E-state index >= 15 is 0 Å². The molecule has 0 spiro atoms. The highest BCUT2D eigenvalue weighted by molar-refractivity contribution is 7.89. The van der Waals surface area contributed by atoms with Gasteiger partial charge in [0.2, 0.25) is 15.9 Å². The van der Waals surface area contributed by atoms with Crippen molar-refractivity contribution in [1.82, 2.24) is 4.31 Å². The van der Waals surface area contributed by atoms with Crippen LogP contribution in [0.1, 0.15) is 12.2 Å². The third kappa shape index (κ3) is 5.08. The predicted octanol–water partition coefficient (Wildman–Crippen LogP) is 3.78. The molecular weight excluding hydrogens is 404 g/mol. The Morgan fingerprint density at radius 1 is 1.00 bits per heavy atom. The average Bonchev–Trinajstić information content (AvgIpc) is 3.22. The van der Waals surface area contributed by atoms with E-state index in [4.69, 9.17) is 9.15 Å². The number of sulfonamides is 1. The van der Waals surface area contributed by atoms with Crippen LogP contribution in [-0.4, -0.2) is 39.8 Å². The molecule has 1 amide bonds. The molecule has 8 heteroatoms. The largest absolute Gasteiger partial charge is 0.497 e. The summed E-state index contributed by atoms with van der Waals surface area (Å²) in [7, 11) is 1.07. The maximum atomic E-state index is 12.2. The van der Waals surface area contributed by atoms with Gasteiger partial charge in [-0.15, -0.1) is 0 Å². The first-order chi connectivity index (χ1) is 14.3. The number of nitrogens with one attached hydrogen (secondary N) is 1. The van der Waals surface area contributed by atoms with Gasteiger partial charge in [-0.05, 0) is 60.7 Å². The third-order valence-electron chi connectivity index (χ3n) is 4.55. The Kier molecular flexibility index (Phi) is 6.59. The number of methoxy groups -OCH3 is 1. The van der Waals surface area contributed by atoms with E-state index in [2.05, 4.69) is 5.32 Å². The van der Waals surface area contributed by atoms with Crippen molar-refractivity contribution in [3.8, 4) is 17.1 Å². The second kappa shape index (κ2) is 9.15. The van der Waals surface area contributed by atoms with Crippen molar-refractivity contribution in [2.45, 2.75) is 17.7 Å². The Labute approximate surface area is 176 Å². The number of aryl methyl sites for hydroxylation is 1. The van der Waals surface area contributed by atoms with Gasteiger partial charge in [-0.25, -0.2) is 12.7 Å². The Hall–Kier alpha value is -3.10. The summed E-state index contributed by atoms with van der Waals surface area (Å²) >= 11 is 0. The van der Waals surface area contributed by atoms with Crippen molar-refractivity contribution < 1.29 is 22.4 Å². The van der Waals surface area contributed by atoms with E-state index in [1.165, 1.54) is 26.2 Å². The van der Waals surface area contributed by atoms with Gasteiger partial charge in [0, 0.05) is 38.2 Å². The highest BCUT2D eigenvalue weighted by Crippen LogP contribution is 2.25. The number of carbonyl (C=O) groups excluding carboxylic acids is 1. The zero-order valence-electron chi connectivity index (χ0n) is 17.1. The van der Waals surface area contributed by atoms with Crippen LogP contribution in [0.15, 0.2) is 70.0 Å². The van der Waals surface area contributed by atoms with Gasteiger partial charge >= 0.3 is 0 Å². The maximum Gasteiger partial charge on any atom is 0.242 e. The fraction of sp³-hybridized carbons (Fsp3) is 0.227. The van der Waals surface area contributed by atoms with Gasteiger partial charge in [-0.2, -0.15) is 0 Å². The van der Waals surface area contributed by atoms with Crippen LogP contribution in [-0.2, 0) is 21.2 Å². The normalized spacial score (nSPS) is 11.5. The van der Waals surface area contributed by atoms with Crippen LogP contribution in [0.4, 0.5) is 5.69 Å². The van der Waals surface area contributed by atoms with Crippen molar-refractivity contribution in [2.24, 2.45) is 0 Å². The van der Waals surface area contributed by atoms with E-state index < -0.39 is 10.0 Å². The maximum absolute atomic E-state index is 12.2. The summed E-state index contributed by atoms with van der Waals surface area (Å²) in [5, 5.41) is 2.77. The van der Waals surface area contributed by atoms with Crippen molar-refractivity contribution in [1.29, 1.82) is 0 Å². The lowest BCUT2D eigenvalue weighted by atomic mass is 10.2. The van der Waals surface area contributed by atoms with Crippen LogP contribution in [0.25, 0.3) is 11.3 Å². The lowest BCUT2D eigenvalue weighted by Gasteiger charge is -2.12. The van der Waals surface area contributed by atoms with Crippen LogP contribution in [0.2, 0.25) is 0 Å². The Morgan fingerprint density at radius 3 is 2.27 bits per heavy atom. The van der Waals surface area contributed by atoms with Gasteiger partial charge in [0.15, 0.2) is 0 Å². The first-order valence-corrected chi connectivity index (χ1v) is 10.8. The van der Waals surface area contributed by atoms with E-state index in [-0.39, 0.29) is 17.2 Å². The lowest BCUT2D eigenvalue weighted by Crippen LogP contribution is -2.22. The summed E-state index contributed by atoms with van der Waals surface area (Å²) in [4.78, 5) is 12.4. The Balaban J connectivity index is 1.55. The molecule has 30 heavy (non-hydrogen) atoms. The second-order valence-corrected chi connectivity index (χ2v) is 9.01. The molecule has 0 fully saturated rings. The smallest absolute Gasteiger partial charge is 0.242 e. The monoisotopic (exact) mass is 428 g/mol. The molecule has 0 atom stereocenters. The van der Waals surface area contributed by atoms with Gasteiger partial charge in [0.25, 0.3) is 0 Å².